The second-order valence-electron chi connectivity index (χ2n) is 9.41. The molecule has 4 aromatic rings. The maximum absolute atomic E-state index is 13.7. The van der Waals surface area contributed by atoms with Gasteiger partial charge in [-0.3, -0.25) is 4.90 Å². The Morgan fingerprint density at radius 3 is 2.75 bits per heavy atom. The molecule has 1 N–H and O–H groups in total. The molecule has 0 amide bonds. The largest absolute Gasteiger partial charge is 0.361 e. The minimum atomic E-state index is -0.645. The zero-order valence-electron chi connectivity index (χ0n) is 20.3. The first kappa shape index (κ1) is 24.0. The Bertz CT molecular complexity index is 1400. The molecule has 5 heteroatoms. The third-order valence-electron chi connectivity index (χ3n) is 7.22. The van der Waals surface area contributed by atoms with Crippen LogP contribution in [-0.4, -0.2) is 29.5 Å². The molecule has 5 rings (SSSR count). The molecule has 3 aromatic carbocycles. The lowest BCUT2D eigenvalue weighted by Gasteiger charge is -2.32. The number of ether oxygens (including phenoxy) is 1. The van der Waals surface area contributed by atoms with Crippen LogP contribution in [0.3, 0.4) is 0 Å². The summed E-state index contributed by atoms with van der Waals surface area (Å²) in [6.07, 6.45) is 6.68. The summed E-state index contributed by atoms with van der Waals surface area (Å²) in [4.78, 5) is 5.79. The van der Waals surface area contributed by atoms with Crippen LogP contribution in [0.5, 0.6) is 0 Å². The summed E-state index contributed by atoms with van der Waals surface area (Å²) < 4.78 is 20.2. The molecule has 0 radical (unpaired) electrons. The van der Waals surface area contributed by atoms with Crippen LogP contribution in [0.25, 0.3) is 10.9 Å². The van der Waals surface area contributed by atoms with E-state index in [4.69, 9.17) is 4.74 Å². The fourth-order valence-electron chi connectivity index (χ4n) is 5.41. The average molecular weight is 480 g/mol. The minimum Gasteiger partial charge on any atom is -0.361 e. The molecule has 0 aliphatic carbocycles. The molecule has 0 bridgehead atoms. The van der Waals surface area contributed by atoms with E-state index >= 15 is 0 Å². The Morgan fingerprint density at radius 2 is 1.94 bits per heavy atom. The summed E-state index contributed by atoms with van der Waals surface area (Å²) in [5.41, 5.74) is 5.52. The molecule has 1 aromatic heterocycles. The number of rotatable bonds is 10. The lowest BCUT2D eigenvalue weighted by molar-refractivity contribution is -0.0144. The highest BCUT2D eigenvalue weighted by Gasteiger charge is 2.41. The monoisotopic (exact) mass is 479 g/mol. The zero-order chi connectivity index (χ0) is 25.0. The van der Waals surface area contributed by atoms with Gasteiger partial charge in [-0.05, 0) is 78.4 Å². The van der Waals surface area contributed by atoms with Gasteiger partial charge in [0.25, 0.3) is 0 Å². The Hall–Kier alpha value is -3.72. The van der Waals surface area contributed by atoms with E-state index in [0.717, 1.165) is 55.6 Å². The van der Waals surface area contributed by atoms with Crippen LogP contribution in [0.1, 0.15) is 40.7 Å². The van der Waals surface area contributed by atoms with Crippen molar-refractivity contribution in [1.29, 1.82) is 5.26 Å². The normalized spacial score (nSPS) is 16.8. The molecular weight excluding hydrogens is 449 g/mol. The van der Waals surface area contributed by atoms with Gasteiger partial charge in [0.15, 0.2) is 0 Å². The van der Waals surface area contributed by atoms with E-state index in [1.807, 2.05) is 42.5 Å². The lowest BCUT2D eigenvalue weighted by atomic mass is 9.81. The van der Waals surface area contributed by atoms with E-state index < -0.39 is 5.60 Å². The van der Waals surface area contributed by atoms with Crippen LogP contribution in [0.15, 0.2) is 85.6 Å². The number of para-hydroxylation sites is 1. The van der Waals surface area contributed by atoms with E-state index in [9.17, 15) is 9.65 Å². The number of aromatic amines is 1. The zero-order valence-corrected chi connectivity index (χ0v) is 20.3. The SMILES string of the molecule is C=CCN(CCCC1(c2ccc(F)cc2)OCc2cc(C#N)ccc21)CCc1c[nH]c2ccccc12. The van der Waals surface area contributed by atoms with Crippen LogP contribution in [0.4, 0.5) is 4.39 Å². The number of hydrogen-bond donors (Lipinski definition) is 1. The van der Waals surface area contributed by atoms with Crippen LogP contribution in [0, 0.1) is 17.1 Å². The van der Waals surface area contributed by atoms with Crippen LogP contribution in [-0.2, 0) is 23.4 Å². The Kier molecular flexibility index (Phi) is 6.99. The fraction of sp³-hybridized carbons (Fsp3) is 0.258. The molecule has 1 unspecified atom stereocenters. The average Bonchev–Trinajstić information content (AvgIpc) is 3.49. The topological polar surface area (TPSA) is 52.0 Å². The van der Waals surface area contributed by atoms with E-state index in [0.29, 0.717) is 12.2 Å². The first-order valence-corrected chi connectivity index (χ1v) is 12.4. The van der Waals surface area contributed by atoms with Crippen molar-refractivity contribution >= 4 is 10.9 Å². The van der Waals surface area contributed by atoms with Crippen molar-refractivity contribution in [3.05, 3.63) is 119 Å². The van der Waals surface area contributed by atoms with Gasteiger partial charge in [0, 0.05) is 30.2 Å². The number of benzene rings is 3. The number of nitriles is 1. The smallest absolute Gasteiger partial charge is 0.123 e. The van der Waals surface area contributed by atoms with Gasteiger partial charge < -0.3 is 9.72 Å². The standard InChI is InChI=1S/C31H30FN3O/c1-2-16-35(18-14-24-21-34-30-7-4-3-6-28(24)30)17-5-15-31(26-9-11-27(32)12-10-26)29-13-8-23(20-33)19-25(29)22-36-31/h2-4,6-13,19,21,34H,1,5,14-18,22H2. The van der Waals surface area contributed by atoms with Gasteiger partial charge in [0.05, 0.1) is 18.2 Å². The number of hydrogen-bond acceptors (Lipinski definition) is 3. The third kappa shape index (κ3) is 4.70. The molecule has 4 nitrogen and oxygen atoms in total. The van der Waals surface area contributed by atoms with E-state index in [2.05, 4.69) is 46.9 Å². The Morgan fingerprint density at radius 1 is 1.11 bits per heavy atom. The number of halogens is 1. The number of H-pyrrole nitrogens is 1. The van der Waals surface area contributed by atoms with Gasteiger partial charge in [-0.25, -0.2) is 4.39 Å². The Labute approximate surface area is 211 Å². The molecule has 1 aliphatic heterocycles. The van der Waals surface area contributed by atoms with E-state index in [1.54, 1.807) is 0 Å². The molecule has 0 saturated heterocycles. The minimum absolute atomic E-state index is 0.263. The number of fused-ring (bicyclic) bond motifs is 2. The molecule has 182 valence electrons. The van der Waals surface area contributed by atoms with Gasteiger partial charge >= 0.3 is 0 Å². The summed E-state index contributed by atoms with van der Waals surface area (Å²) in [5.74, 6) is -0.263. The van der Waals surface area contributed by atoms with Crippen molar-refractivity contribution < 1.29 is 9.13 Å². The summed E-state index contributed by atoms with van der Waals surface area (Å²) in [5, 5.41) is 10.6. The lowest BCUT2D eigenvalue weighted by Crippen LogP contribution is -2.31. The second kappa shape index (κ2) is 10.5. The van der Waals surface area contributed by atoms with E-state index in [1.165, 1.54) is 28.6 Å². The maximum Gasteiger partial charge on any atom is 0.123 e. The molecule has 36 heavy (non-hydrogen) atoms. The fourth-order valence-corrected chi connectivity index (χ4v) is 5.41. The van der Waals surface area contributed by atoms with Crippen LogP contribution >= 0.6 is 0 Å². The van der Waals surface area contributed by atoms with Crippen molar-refractivity contribution in [3.8, 4) is 6.07 Å². The summed E-state index contributed by atoms with van der Waals surface area (Å²) in [6.45, 7) is 7.05. The van der Waals surface area contributed by atoms with Gasteiger partial charge in [0.1, 0.15) is 11.4 Å². The number of aromatic nitrogens is 1. The van der Waals surface area contributed by atoms with Crippen molar-refractivity contribution in [2.75, 3.05) is 19.6 Å². The highest BCUT2D eigenvalue weighted by Crippen LogP contribution is 2.45. The molecule has 0 fully saturated rings. The third-order valence-corrected chi connectivity index (χ3v) is 7.22. The van der Waals surface area contributed by atoms with E-state index in [-0.39, 0.29) is 5.82 Å². The number of nitrogens with zero attached hydrogens (tertiary/aromatic N) is 2. The van der Waals surface area contributed by atoms with Crippen molar-refractivity contribution in [2.24, 2.45) is 0 Å². The first-order chi connectivity index (χ1) is 17.6. The van der Waals surface area contributed by atoms with Gasteiger partial charge in [0.2, 0.25) is 0 Å². The number of nitrogens with one attached hydrogen (secondary N) is 1. The first-order valence-electron chi connectivity index (χ1n) is 12.4. The quantitative estimate of drug-likeness (QED) is 0.266. The van der Waals surface area contributed by atoms with Crippen LogP contribution in [0.2, 0.25) is 0 Å². The van der Waals surface area contributed by atoms with Crippen LogP contribution < -0.4 is 0 Å². The predicted molar refractivity (Wildman–Crippen MR) is 141 cm³/mol. The summed E-state index contributed by atoms with van der Waals surface area (Å²) >= 11 is 0. The molecule has 0 saturated carbocycles. The van der Waals surface area contributed by atoms with Gasteiger partial charge in [-0.15, -0.1) is 6.58 Å². The van der Waals surface area contributed by atoms with Crippen molar-refractivity contribution in [3.63, 3.8) is 0 Å². The highest BCUT2D eigenvalue weighted by atomic mass is 19.1. The predicted octanol–water partition coefficient (Wildman–Crippen LogP) is 6.46. The molecule has 0 spiro atoms. The summed E-state index contributed by atoms with van der Waals surface area (Å²) in [7, 11) is 0. The maximum atomic E-state index is 13.7. The Balaban J connectivity index is 1.32. The molecule has 2 heterocycles. The summed E-state index contributed by atoms with van der Waals surface area (Å²) in [6, 6.07) is 23.0. The van der Waals surface area contributed by atoms with Crippen molar-refractivity contribution in [1.82, 2.24) is 9.88 Å². The second-order valence-corrected chi connectivity index (χ2v) is 9.41. The molecule has 1 atom stereocenters. The highest BCUT2D eigenvalue weighted by molar-refractivity contribution is 5.83. The van der Waals surface area contributed by atoms with Crippen molar-refractivity contribution in [2.45, 2.75) is 31.5 Å². The van der Waals surface area contributed by atoms with Gasteiger partial charge in [-0.1, -0.05) is 42.5 Å². The molecule has 1 aliphatic rings. The van der Waals surface area contributed by atoms with Gasteiger partial charge in [-0.2, -0.15) is 5.26 Å². The molecular formula is C31H30FN3O.